The number of fused-ring (bicyclic) bond motifs is 1. The Hall–Kier alpha value is -1.84. The first-order valence-corrected chi connectivity index (χ1v) is 3.91. The van der Waals surface area contributed by atoms with Gasteiger partial charge in [-0.15, -0.1) is 0 Å². The summed E-state index contributed by atoms with van der Waals surface area (Å²) in [6.45, 7) is 1.90. The molecule has 2 aromatic rings. The predicted molar refractivity (Wildman–Crippen MR) is 48.4 cm³/mol. The molecule has 66 valence electrons. The Kier molecular flexibility index (Phi) is 1.55. The fourth-order valence-corrected chi connectivity index (χ4v) is 1.34. The van der Waals surface area contributed by atoms with Gasteiger partial charge in [-0.25, -0.2) is 4.98 Å². The summed E-state index contributed by atoms with van der Waals surface area (Å²) >= 11 is 0. The van der Waals surface area contributed by atoms with E-state index in [4.69, 9.17) is 5.73 Å². The zero-order valence-electron chi connectivity index (χ0n) is 7.19. The molecule has 2 rings (SSSR count). The average molecular weight is 175 g/mol. The zero-order valence-corrected chi connectivity index (χ0v) is 7.19. The molecule has 2 heterocycles. The first kappa shape index (κ1) is 7.79. The van der Waals surface area contributed by atoms with Crippen LogP contribution >= 0.6 is 0 Å². The van der Waals surface area contributed by atoms with E-state index >= 15 is 0 Å². The summed E-state index contributed by atoms with van der Waals surface area (Å²) in [4.78, 5) is 15.0. The van der Waals surface area contributed by atoms with Gasteiger partial charge in [0.2, 0.25) is 5.91 Å². The number of carbonyl (C=O) groups excluding carboxylic acids is 1. The Morgan fingerprint density at radius 3 is 3.08 bits per heavy atom. The van der Waals surface area contributed by atoms with Crippen molar-refractivity contribution < 1.29 is 4.79 Å². The number of aromatic nitrogens is 2. The van der Waals surface area contributed by atoms with Crippen LogP contribution in [-0.2, 0) is 0 Å². The number of rotatable bonds is 1. The molecule has 0 radical (unpaired) electrons. The topological polar surface area (TPSA) is 60.4 Å². The van der Waals surface area contributed by atoms with Gasteiger partial charge in [0.1, 0.15) is 5.65 Å². The molecule has 2 N–H and O–H groups in total. The molecular weight excluding hydrogens is 166 g/mol. The molecule has 0 aliphatic carbocycles. The van der Waals surface area contributed by atoms with Crippen molar-refractivity contribution in [3.63, 3.8) is 0 Å². The van der Waals surface area contributed by atoms with E-state index in [9.17, 15) is 4.79 Å². The highest BCUT2D eigenvalue weighted by molar-refractivity contribution is 5.93. The molecule has 4 heteroatoms. The summed E-state index contributed by atoms with van der Waals surface area (Å²) in [6.07, 6.45) is 5.15. The number of nitrogens with zero attached hydrogens (tertiary/aromatic N) is 2. The molecule has 13 heavy (non-hydrogen) atoms. The van der Waals surface area contributed by atoms with Crippen LogP contribution in [-0.4, -0.2) is 15.3 Å². The SMILES string of the molecule is Cc1cc(C(N)=O)cn2ccnc12. The van der Waals surface area contributed by atoms with Gasteiger partial charge in [0, 0.05) is 18.6 Å². The minimum atomic E-state index is -0.418. The Balaban J connectivity index is 2.77. The van der Waals surface area contributed by atoms with E-state index in [2.05, 4.69) is 4.98 Å². The van der Waals surface area contributed by atoms with Crippen molar-refractivity contribution in [2.45, 2.75) is 6.92 Å². The van der Waals surface area contributed by atoms with Gasteiger partial charge in [0.25, 0.3) is 0 Å². The molecule has 0 fully saturated rings. The maximum absolute atomic E-state index is 10.9. The van der Waals surface area contributed by atoms with Crippen molar-refractivity contribution in [1.29, 1.82) is 0 Å². The van der Waals surface area contributed by atoms with Crippen molar-refractivity contribution in [1.82, 2.24) is 9.38 Å². The van der Waals surface area contributed by atoms with Gasteiger partial charge in [-0.2, -0.15) is 0 Å². The molecule has 0 aliphatic heterocycles. The predicted octanol–water partition coefficient (Wildman–Crippen LogP) is 0.742. The molecule has 0 aliphatic rings. The summed E-state index contributed by atoms with van der Waals surface area (Å²) < 4.78 is 1.79. The number of hydrogen-bond acceptors (Lipinski definition) is 2. The third-order valence-electron chi connectivity index (χ3n) is 1.96. The van der Waals surface area contributed by atoms with Gasteiger partial charge in [-0.05, 0) is 18.6 Å². The Morgan fingerprint density at radius 2 is 2.38 bits per heavy atom. The summed E-state index contributed by atoms with van der Waals surface area (Å²) in [5, 5.41) is 0. The molecule has 0 atom stereocenters. The van der Waals surface area contributed by atoms with Crippen LogP contribution in [0.25, 0.3) is 5.65 Å². The summed E-state index contributed by atoms with van der Waals surface area (Å²) in [7, 11) is 0. The van der Waals surface area contributed by atoms with Crippen molar-refractivity contribution in [2.75, 3.05) is 0 Å². The lowest BCUT2D eigenvalue weighted by Gasteiger charge is -2.00. The van der Waals surface area contributed by atoms with Gasteiger partial charge in [-0.3, -0.25) is 4.79 Å². The third kappa shape index (κ3) is 1.16. The molecule has 2 aromatic heterocycles. The first-order chi connectivity index (χ1) is 6.18. The smallest absolute Gasteiger partial charge is 0.250 e. The van der Waals surface area contributed by atoms with E-state index in [1.165, 1.54) is 0 Å². The lowest BCUT2D eigenvalue weighted by molar-refractivity contribution is 0.1000. The second kappa shape index (κ2) is 2.58. The standard InChI is InChI=1S/C9H9N3O/c1-6-4-7(8(10)13)5-12-3-2-11-9(6)12/h2-5H,1H3,(H2,10,13). The molecule has 0 unspecified atom stereocenters. The van der Waals surface area contributed by atoms with E-state index in [1.807, 2.05) is 6.92 Å². The van der Waals surface area contributed by atoms with E-state index in [1.54, 1.807) is 29.1 Å². The molecule has 4 nitrogen and oxygen atoms in total. The van der Waals surface area contributed by atoms with Crippen molar-refractivity contribution in [3.05, 3.63) is 35.8 Å². The number of aryl methyl sites for hydroxylation is 1. The van der Waals surface area contributed by atoms with E-state index in [0.29, 0.717) is 5.56 Å². The van der Waals surface area contributed by atoms with Crippen molar-refractivity contribution >= 4 is 11.6 Å². The Morgan fingerprint density at radius 1 is 1.62 bits per heavy atom. The highest BCUT2D eigenvalue weighted by Crippen LogP contribution is 2.10. The van der Waals surface area contributed by atoms with Crippen LogP contribution in [0.5, 0.6) is 0 Å². The van der Waals surface area contributed by atoms with Gasteiger partial charge < -0.3 is 10.1 Å². The molecule has 0 saturated carbocycles. The number of hydrogen-bond donors (Lipinski definition) is 1. The average Bonchev–Trinajstić information content (AvgIpc) is 2.51. The van der Waals surface area contributed by atoms with Crippen LogP contribution in [0.3, 0.4) is 0 Å². The second-order valence-corrected chi connectivity index (χ2v) is 2.93. The van der Waals surface area contributed by atoms with Crippen LogP contribution in [0.2, 0.25) is 0 Å². The summed E-state index contributed by atoms with van der Waals surface area (Å²) in [5.41, 5.74) is 7.47. The highest BCUT2D eigenvalue weighted by atomic mass is 16.1. The minimum absolute atomic E-state index is 0.418. The first-order valence-electron chi connectivity index (χ1n) is 3.91. The Labute approximate surface area is 75.0 Å². The van der Waals surface area contributed by atoms with Gasteiger partial charge in [0.05, 0.1) is 5.56 Å². The maximum Gasteiger partial charge on any atom is 0.250 e. The second-order valence-electron chi connectivity index (χ2n) is 2.93. The molecule has 0 saturated heterocycles. The van der Waals surface area contributed by atoms with Gasteiger partial charge in [0.15, 0.2) is 0 Å². The van der Waals surface area contributed by atoms with Crippen LogP contribution in [0.1, 0.15) is 15.9 Å². The normalized spacial score (nSPS) is 10.5. The minimum Gasteiger partial charge on any atom is -0.366 e. The van der Waals surface area contributed by atoms with Crippen LogP contribution in [0.4, 0.5) is 0 Å². The van der Waals surface area contributed by atoms with E-state index in [0.717, 1.165) is 11.2 Å². The molecular formula is C9H9N3O. The van der Waals surface area contributed by atoms with Crippen LogP contribution < -0.4 is 5.73 Å². The van der Waals surface area contributed by atoms with Crippen LogP contribution in [0.15, 0.2) is 24.7 Å². The molecule has 0 spiro atoms. The van der Waals surface area contributed by atoms with E-state index in [-0.39, 0.29) is 0 Å². The number of imidazole rings is 1. The number of nitrogens with two attached hydrogens (primary N) is 1. The summed E-state index contributed by atoms with van der Waals surface area (Å²) in [5.74, 6) is -0.418. The number of amides is 1. The van der Waals surface area contributed by atoms with E-state index < -0.39 is 5.91 Å². The van der Waals surface area contributed by atoms with Gasteiger partial charge >= 0.3 is 0 Å². The van der Waals surface area contributed by atoms with Crippen LogP contribution in [0, 0.1) is 6.92 Å². The lowest BCUT2D eigenvalue weighted by Crippen LogP contribution is -2.12. The monoisotopic (exact) mass is 175 g/mol. The highest BCUT2D eigenvalue weighted by Gasteiger charge is 2.04. The quantitative estimate of drug-likeness (QED) is 0.694. The third-order valence-corrected chi connectivity index (χ3v) is 1.96. The maximum atomic E-state index is 10.9. The molecule has 1 amide bonds. The molecule has 0 bridgehead atoms. The van der Waals surface area contributed by atoms with Crippen molar-refractivity contribution in [3.8, 4) is 0 Å². The van der Waals surface area contributed by atoms with Gasteiger partial charge in [-0.1, -0.05) is 0 Å². The van der Waals surface area contributed by atoms with Crippen molar-refractivity contribution in [2.24, 2.45) is 5.73 Å². The largest absolute Gasteiger partial charge is 0.366 e. The lowest BCUT2D eigenvalue weighted by atomic mass is 10.2. The Bertz CT molecular complexity index is 473. The number of carbonyl (C=O) groups is 1. The fraction of sp³-hybridized carbons (Fsp3) is 0.111. The molecule has 0 aromatic carbocycles. The number of primary amides is 1. The number of pyridine rings is 1. The summed E-state index contributed by atoms with van der Waals surface area (Å²) in [6, 6.07) is 1.74. The fourth-order valence-electron chi connectivity index (χ4n) is 1.34. The zero-order chi connectivity index (χ0) is 9.42.